The van der Waals surface area contributed by atoms with Crippen molar-refractivity contribution >= 4 is 11.8 Å². The largest absolute Gasteiger partial charge is 0.496 e. The summed E-state index contributed by atoms with van der Waals surface area (Å²) in [6.45, 7) is 0.715. The number of likely N-dealkylation sites (tertiary alicyclic amines) is 1. The maximum Gasteiger partial charge on any atom is 0.274 e. The van der Waals surface area contributed by atoms with Crippen molar-refractivity contribution in [3.63, 3.8) is 0 Å². The molecule has 2 amide bonds. The molecule has 1 atom stereocenters. The molecule has 8 nitrogen and oxygen atoms in total. The molecule has 2 N–H and O–H groups in total. The number of nitrogens with one attached hydrogen (secondary N) is 2. The molecule has 170 valence electrons. The second kappa shape index (κ2) is 9.28. The lowest BCUT2D eigenvalue weighted by atomic mass is 9.79. The maximum atomic E-state index is 12.9. The van der Waals surface area contributed by atoms with Gasteiger partial charge in [0.05, 0.1) is 12.5 Å². The van der Waals surface area contributed by atoms with E-state index >= 15 is 0 Å². The topological polar surface area (TPSA) is 104 Å². The van der Waals surface area contributed by atoms with Crippen molar-refractivity contribution in [1.82, 2.24) is 20.4 Å². The van der Waals surface area contributed by atoms with E-state index in [2.05, 4.69) is 15.5 Å². The highest BCUT2D eigenvalue weighted by atomic mass is 16.5. The predicted octanol–water partition coefficient (Wildman–Crippen LogP) is 2.27. The van der Waals surface area contributed by atoms with Gasteiger partial charge < -0.3 is 15.0 Å². The smallest absolute Gasteiger partial charge is 0.274 e. The third-order valence-electron chi connectivity index (χ3n) is 6.16. The maximum absolute atomic E-state index is 12.9. The van der Waals surface area contributed by atoms with Crippen molar-refractivity contribution in [2.24, 2.45) is 5.41 Å². The summed E-state index contributed by atoms with van der Waals surface area (Å²) in [5, 5.41) is 8.89. The first-order chi connectivity index (χ1) is 16.0. The van der Waals surface area contributed by atoms with Crippen LogP contribution in [0.25, 0.3) is 11.1 Å². The summed E-state index contributed by atoms with van der Waals surface area (Å²) in [6.07, 6.45) is 1.04. The number of carbonyl (C=O) groups is 2. The van der Waals surface area contributed by atoms with Gasteiger partial charge in [-0.15, -0.1) is 0 Å². The number of para-hydroxylation sites is 1. The van der Waals surface area contributed by atoms with E-state index in [-0.39, 0.29) is 29.6 Å². The first kappa shape index (κ1) is 22.3. The van der Waals surface area contributed by atoms with E-state index in [9.17, 15) is 14.4 Å². The molecule has 4 rings (SSSR count). The van der Waals surface area contributed by atoms with Gasteiger partial charge in [0.1, 0.15) is 11.4 Å². The Balaban J connectivity index is 1.55. The van der Waals surface area contributed by atoms with E-state index in [1.165, 1.54) is 12.1 Å². The minimum absolute atomic E-state index is 0.0963. The number of benzene rings is 2. The number of aromatic nitrogens is 2. The van der Waals surface area contributed by atoms with Gasteiger partial charge in [0.15, 0.2) is 0 Å². The Labute approximate surface area is 191 Å². The second-order valence-electron chi connectivity index (χ2n) is 8.22. The molecule has 1 unspecified atom stereocenters. The van der Waals surface area contributed by atoms with Gasteiger partial charge in [0.25, 0.3) is 11.5 Å². The fraction of sp³-hybridized carbons (Fsp3) is 0.280. The van der Waals surface area contributed by atoms with Gasteiger partial charge in [0, 0.05) is 31.8 Å². The molecule has 0 aliphatic carbocycles. The minimum atomic E-state index is -0.738. The quantitative estimate of drug-likeness (QED) is 0.605. The first-order valence-electron chi connectivity index (χ1n) is 10.8. The Morgan fingerprint density at radius 2 is 1.88 bits per heavy atom. The van der Waals surface area contributed by atoms with Crippen LogP contribution in [0.2, 0.25) is 0 Å². The molecule has 33 heavy (non-hydrogen) atoms. The molecule has 1 aliphatic heterocycles. The molecular formula is C25H26N4O4. The van der Waals surface area contributed by atoms with Crippen LogP contribution < -0.4 is 15.6 Å². The standard InChI is InChI=1S/C25H26N4O4/c1-26-24(32)25(13-14-29(16-25)23(31)20-11-12-22(30)28-27-20)15-17-7-9-18(10-8-17)19-5-3-4-6-21(19)33-2/h3-12H,13-16H2,1-2H3,(H,26,32)(H,28,30). The van der Waals surface area contributed by atoms with Gasteiger partial charge in [-0.3, -0.25) is 14.4 Å². The monoisotopic (exact) mass is 446 g/mol. The zero-order chi connectivity index (χ0) is 23.4. The van der Waals surface area contributed by atoms with Gasteiger partial charge in [-0.1, -0.05) is 42.5 Å². The number of nitrogens with zero attached hydrogens (tertiary/aromatic N) is 2. The van der Waals surface area contributed by atoms with Crippen molar-refractivity contribution in [2.75, 3.05) is 27.2 Å². The molecule has 0 saturated carbocycles. The molecule has 3 aromatic rings. The predicted molar refractivity (Wildman–Crippen MR) is 124 cm³/mol. The highest BCUT2D eigenvalue weighted by Crippen LogP contribution is 2.36. The van der Waals surface area contributed by atoms with E-state index in [4.69, 9.17) is 4.74 Å². The minimum Gasteiger partial charge on any atom is -0.496 e. The van der Waals surface area contributed by atoms with Crippen LogP contribution >= 0.6 is 0 Å². The molecule has 0 bridgehead atoms. The summed E-state index contributed by atoms with van der Waals surface area (Å²) in [5.41, 5.74) is 2.08. The Hall–Kier alpha value is -3.94. The van der Waals surface area contributed by atoms with Crippen LogP contribution in [-0.2, 0) is 11.2 Å². The Bertz CT molecular complexity index is 1200. The van der Waals surface area contributed by atoms with E-state index in [0.717, 1.165) is 22.4 Å². The van der Waals surface area contributed by atoms with Gasteiger partial charge >= 0.3 is 0 Å². The summed E-state index contributed by atoms with van der Waals surface area (Å²) in [5.74, 6) is 0.400. The Morgan fingerprint density at radius 1 is 1.12 bits per heavy atom. The summed E-state index contributed by atoms with van der Waals surface area (Å²) in [4.78, 5) is 38.7. The summed E-state index contributed by atoms with van der Waals surface area (Å²) >= 11 is 0. The van der Waals surface area contributed by atoms with Crippen LogP contribution in [0.1, 0.15) is 22.5 Å². The second-order valence-corrected chi connectivity index (χ2v) is 8.22. The molecule has 1 aliphatic rings. The third kappa shape index (κ3) is 4.50. The zero-order valence-corrected chi connectivity index (χ0v) is 18.6. The third-order valence-corrected chi connectivity index (χ3v) is 6.16. The number of methoxy groups -OCH3 is 1. The average molecular weight is 447 g/mol. The van der Waals surface area contributed by atoms with E-state index in [1.54, 1.807) is 19.1 Å². The summed E-state index contributed by atoms with van der Waals surface area (Å²) in [7, 11) is 3.26. The molecule has 2 aromatic carbocycles. The number of rotatable bonds is 6. The van der Waals surface area contributed by atoms with Crippen LogP contribution in [-0.4, -0.2) is 54.2 Å². The molecule has 1 aromatic heterocycles. The molecule has 0 spiro atoms. The van der Waals surface area contributed by atoms with Gasteiger partial charge in [-0.25, -0.2) is 5.10 Å². The average Bonchev–Trinajstić information content (AvgIpc) is 3.29. The van der Waals surface area contributed by atoms with Gasteiger partial charge in [-0.2, -0.15) is 5.10 Å². The fourth-order valence-corrected chi connectivity index (χ4v) is 4.42. The number of H-pyrrole nitrogens is 1. The first-order valence-corrected chi connectivity index (χ1v) is 10.8. The van der Waals surface area contributed by atoms with Gasteiger partial charge in [-0.05, 0) is 36.1 Å². The molecule has 1 fully saturated rings. The van der Waals surface area contributed by atoms with Crippen molar-refractivity contribution < 1.29 is 14.3 Å². The lowest BCUT2D eigenvalue weighted by molar-refractivity contribution is -0.129. The van der Waals surface area contributed by atoms with E-state index in [1.807, 2.05) is 48.5 Å². The van der Waals surface area contributed by atoms with Crippen LogP contribution in [0, 0.1) is 5.41 Å². The van der Waals surface area contributed by atoms with Crippen molar-refractivity contribution in [1.29, 1.82) is 0 Å². The Kier molecular flexibility index (Phi) is 6.26. The van der Waals surface area contributed by atoms with Crippen LogP contribution in [0.15, 0.2) is 65.5 Å². The van der Waals surface area contributed by atoms with Crippen LogP contribution in [0.5, 0.6) is 5.75 Å². The van der Waals surface area contributed by atoms with Gasteiger partial charge in [0.2, 0.25) is 5.91 Å². The summed E-state index contributed by atoms with van der Waals surface area (Å²) < 4.78 is 5.46. The van der Waals surface area contributed by atoms with Crippen molar-refractivity contribution in [3.8, 4) is 16.9 Å². The van der Waals surface area contributed by atoms with Crippen molar-refractivity contribution in [3.05, 3.63) is 82.3 Å². The zero-order valence-electron chi connectivity index (χ0n) is 18.6. The number of ether oxygens (including phenoxy) is 1. The van der Waals surface area contributed by atoms with Crippen LogP contribution in [0.3, 0.4) is 0 Å². The van der Waals surface area contributed by atoms with E-state index in [0.29, 0.717) is 19.4 Å². The number of hydrogen-bond donors (Lipinski definition) is 2. The highest BCUT2D eigenvalue weighted by molar-refractivity contribution is 5.93. The van der Waals surface area contributed by atoms with Crippen molar-refractivity contribution in [2.45, 2.75) is 12.8 Å². The number of amides is 2. The lowest BCUT2D eigenvalue weighted by Gasteiger charge is -2.27. The SMILES string of the molecule is CNC(=O)C1(Cc2ccc(-c3ccccc3OC)cc2)CCN(C(=O)c2ccc(=O)[nH]n2)C1. The molecule has 2 heterocycles. The summed E-state index contributed by atoms with van der Waals surface area (Å²) in [6, 6.07) is 18.6. The fourth-order valence-electron chi connectivity index (χ4n) is 4.42. The molecule has 1 saturated heterocycles. The molecular weight excluding hydrogens is 420 g/mol. The lowest BCUT2D eigenvalue weighted by Crippen LogP contribution is -2.44. The number of aromatic amines is 1. The molecule has 0 radical (unpaired) electrons. The number of hydrogen-bond acceptors (Lipinski definition) is 5. The van der Waals surface area contributed by atoms with Crippen LogP contribution in [0.4, 0.5) is 0 Å². The molecule has 8 heteroatoms. The Morgan fingerprint density at radius 3 is 2.55 bits per heavy atom. The van der Waals surface area contributed by atoms with E-state index < -0.39 is 5.41 Å². The highest BCUT2D eigenvalue weighted by Gasteiger charge is 2.45. The number of carbonyl (C=O) groups excluding carboxylic acids is 2. The normalized spacial score (nSPS) is 17.6.